The molecule has 124 valence electrons. The molecular formula is C20H27NO2. The van der Waals surface area contributed by atoms with Gasteiger partial charge in [0.15, 0.2) is 0 Å². The lowest BCUT2D eigenvalue weighted by Gasteiger charge is -2.26. The summed E-state index contributed by atoms with van der Waals surface area (Å²) < 4.78 is 5.22. The second-order valence-corrected chi connectivity index (χ2v) is 6.76. The Labute approximate surface area is 139 Å². The molecule has 0 heterocycles. The number of nitrogens with one attached hydrogen (secondary N) is 1. The number of carbonyl (C=O) groups excluding carboxylic acids is 1. The first kappa shape index (κ1) is 16.1. The summed E-state index contributed by atoms with van der Waals surface area (Å²) in [6.07, 6.45) is 11.4. The van der Waals surface area contributed by atoms with Crippen LogP contribution in [0.25, 0.3) is 5.57 Å². The second-order valence-electron chi connectivity index (χ2n) is 6.76. The largest absolute Gasteiger partial charge is 0.497 e. The molecule has 1 saturated carbocycles. The molecule has 0 bridgehead atoms. The molecule has 0 saturated heterocycles. The van der Waals surface area contributed by atoms with Crippen LogP contribution < -0.4 is 10.1 Å². The van der Waals surface area contributed by atoms with Crippen molar-refractivity contribution in [3.63, 3.8) is 0 Å². The van der Waals surface area contributed by atoms with Gasteiger partial charge in [-0.15, -0.1) is 0 Å². The van der Waals surface area contributed by atoms with E-state index in [9.17, 15) is 4.79 Å². The third-order valence-electron chi connectivity index (χ3n) is 5.11. The van der Waals surface area contributed by atoms with Gasteiger partial charge in [-0.25, -0.2) is 0 Å². The van der Waals surface area contributed by atoms with Gasteiger partial charge in [-0.1, -0.05) is 37.5 Å². The predicted molar refractivity (Wildman–Crippen MR) is 93.3 cm³/mol. The second kappa shape index (κ2) is 7.67. The van der Waals surface area contributed by atoms with E-state index < -0.39 is 0 Å². The van der Waals surface area contributed by atoms with Crippen LogP contribution in [0.4, 0.5) is 0 Å². The van der Waals surface area contributed by atoms with Crippen molar-refractivity contribution in [2.24, 2.45) is 5.92 Å². The van der Waals surface area contributed by atoms with Crippen LogP contribution in [0.5, 0.6) is 5.75 Å². The molecule has 23 heavy (non-hydrogen) atoms. The Morgan fingerprint density at radius 2 is 1.78 bits per heavy atom. The van der Waals surface area contributed by atoms with Crippen molar-refractivity contribution in [2.75, 3.05) is 7.11 Å². The molecule has 3 nitrogen and oxygen atoms in total. The van der Waals surface area contributed by atoms with Crippen LogP contribution in [-0.2, 0) is 4.79 Å². The van der Waals surface area contributed by atoms with Crippen molar-refractivity contribution in [3.8, 4) is 5.75 Å². The minimum Gasteiger partial charge on any atom is -0.497 e. The lowest BCUT2D eigenvalue weighted by molar-refractivity contribution is -0.124. The number of rotatable bonds is 4. The molecule has 1 atom stereocenters. The summed E-state index contributed by atoms with van der Waals surface area (Å²) in [7, 11) is 1.68. The van der Waals surface area contributed by atoms with Gasteiger partial charge in [0.2, 0.25) is 5.91 Å². The van der Waals surface area contributed by atoms with E-state index in [1.54, 1.807) is 7.11 Å². The molecule has 0 spiro atoms. The van der Waals surface area contributed by atoms with E-state index in [4.69, 9.17) is 4.74 Å². The molecule has 2 aliphatic rings. The topological polar surface area (TPSA) is 38.3 Å². The molecule has 1 amide bonds. The molecule has 1 N–H and O–H groups in total. The van der Waals surface area contributed by atoms with Crippen molar-refractivity contribution in [1.29, 1.82) is 0 Å². The highest BCUT2D eigenvalue weighted by Gasteiger charge is 2.24. The van der Waals surface area contributed by atoms with E-state index in [0.29, 0.717) is 6.04 Å². The molecule has 3 heteroatoms. The highest BCUT2D eigenvalue weighted by atomic mass is 16.5. The number of allylic oxidation sites excluding steroid dienone is 1. The smallest absolute Gasteiger partial charge is 0.227 e. The van der Waals surface area contributed by atoms with Gasteiger partial charge in [0.1, 0.15) is 5.75 Å². The van der Waals surface area contributed by atoms with Crippen LogP contribution in [0.1, 0.15) is 56.9 Å². The van der Waals surface area contributed by atoms with Gasteiger partial charge in [-0.3, -0.25) is 4.79 Å². The molecule has 1 fully saturated rings. The summed E-state index contributed by atoms with van der Waals surface area (Å²) in [6, 6.07) is 8.55. The summed E-state index contributed by atoms with van der Waals surface area (Å²) >= 11 is 0. The SMILES string of the molecule is COc1ccc(C2=CC(C(=O)NC3CCCCC3)CCC2)cc1. The summed E-state index contributed by atoms with van der Waals surface area (Å²) in [6.45, 7) is 0. The number of carbonyl (C=O) groups is 1. The fourth-order valence-corrected chi connectivity index (χ4v) is 3.73. The highest BCUT2D eigenvalue weighted by Crippen LogP contribution is 2.31. The number of ether oxygens (including phenoxy) is 1. The zero-order chi connectivity index (χ0) is 16.1. The first-order valence-electron chi connectivity index (χ1n) is 8.92. The molecule has 1 aromatic carbocycles. The Morgan fingerprint density at radius 3 is 2.48 bits per heavy atom. The molecule has 0 radical (unpaired) electrons. The lowest BCUT2D eigenvalue weighted by Crippen LogP contribution is -2.39. The maximum Gasteiger partial charge on any atom is 0.227 e. The number of benzene rings is 1. The van der Waals surface area contributed by atoms with Gasteiger partial charge >= 0.3 is 0 Å². The van der Waals surface area contributed by atoms with E-state index in [0.717, 1.165) is 37.9 Å². The number of methoxy groups -OCH3 is 1. The van der Waals surface area contributed by atoms with E-state index in [-0.39, 0.29) is 11.8 Å². The monoisotopic (exact) mass is 313 g/mol. The van der Waals surface area contributed by atoms with Crippen molar-refractivity contribution in [3.05, 3.63) is 35.9 Å². The average Bonchev–Trinajstić information content (AvgIpc) is 2.63. The van der Waals surface area contributed by atoms with Crippen molar-refractivity contribution >= 4 is 11.5 Å². The maximum atomic E-state index is 12.6. The van der Waals surface area contributed by atoms with Crippen molar-refractivity contribution in [1.82, 2.24) is 5.32 Å². The maximum absolute atomic E-state index is 12.6. The fraction of sp³-hybridized carbons (Fsp3) is 0.550. The van der Waals surface area contributed by atoms with Crippen LogP contribution in [0.3, 0.4) is 0 Å². The number of hydrogen-bond donors (Lipinski definition) is 1. The van der Waals surface area contributed by atoms with E-state index in [1.807, 2.05) is 12.1 Å². The number of hydrogen-bond acceptors (Lipinski definition) is 2. The quantitative estimate of drug-likeness (QED) is 0.898. The molecular weight excluding hydrogens is 286 g/mol. The van der Waals surface area contributed by atoms with Crippen LogP contribution in [0, 0.1) is 5.92 Å². The van der Waals surface area contributed by atoms with Crippen LogP contribution >= 0.6 is 0 Å². The zero-order valence-electron chi connectivity index (χ0n) is 14.0. The Morgan fingerprint density at radius 1 is 1.04 bits per heavy atom. The van der Waals surface area contributed by atoms with E-state index in [2.05, 4.69) is 23.5 Å². The third-order valence-corrected chi connectivity index (χ3v) is 5.11. The van der Waals surface area contributed by atoms with Gasteiger partial charge in [0.05, 0.1) is 13.0 Å². The van der Waals surface area contributed by atoms with E-state index in [1.165, 1.54) is 30.4 Å². The summed E-state index contributed by atoms with van der Waals surface area (Å²) in [5, 5.41) is 3.28. The Hall–Kier alpha value is -1.77. The van der Waals surface area contributed by atoms with Crippen molar-refractivity contribution < 1.29 is 9.53 Å². The molecule has 0 aliphatic heterocycles. The van der Waals surface area contributed by atoms with Crippen molar-refractivity contribution in [2.45, 2.75) is 57.4 Å². The minimum absolute atomic E-state index is 0.0304. The molecule has 3 rings (SSSR count). The van der Waals surface area contributed by atoms with Crippen LogP contribution in [0.15, 0.2) is 30.3 Å². The Balaban J connectivity index is 1.66. The molecule has 1 aromatic rings. The van der Waals surface area contributed by atoms with Crippen LogP contribution in [-0.4, -0.2) is 19.1 Å². The average molecular weight is 313 g/mol. The predicted octanol–water partition coefficient (Wildman–Crippen LogP) is 4.33. The van der Waals surface area contributed by atoms with Gasteiger partial charge in [-0.05, 0) is 55.4 Å². The standard InChI is InChI=1S/C20H27NO2/c1-23-19-12-10-15(11-13-19)16-6-5-7-17(14-16)20(22)21-18-8-3-2-4-9-18/h10-14,17-18H,2-9H2,1H3,(H,21,22). The van der Waals surface area contributed by atoms with E-state index >= 15 is 0 Å². The summed E-state index contributed by atoms with van der Waals surface area (Å²) in [4.78, 5) is 12.6. The Kier molecular flexibility index (Phi) is 5.37. The third kappa shape index (κ3) is 4.15. The number of amides is 1. The van der Waals surface area contributed by atoms with Gasteiger partial charge in [-0.2, -0.15) is 0 Å². The first-order valence-corrected chi connectivity index (χ1v) is 8.92. The molecule has 0 aromatic heterocycles. The normalized spacial score (nSPS) is 22.3. The summed E-state index contributed by atoms with van der Waals surface area (Å²) in [5.74, 6) is 1.13. The Bertz CT molecular complexity index is 556. The zero-order valence-corrected chi connectivity index (χ0v) is 14.0. The van der Waals surface area contributed by atoms with Gasteiger partial charge in [0.25, 0.3) is 0 Å². The highest BCUT2D eigenvalue weighted by molar-refractivity contribution is 5.84. The van der Waals surface area contributed by atoms with Gasteiger partial charge in [0, 0.05) is 6.04 Å². The minimum atomic E-state index is 0.0304. The summed E-state index contributed by atoms with van der Waals surface area (Å²) in [5.41, 5.74) is 2.50. The van der Waals surface area contributed by atoms with Crippen LogP contribution in [0.2, 0.25) is 0 Å². The molecule has 1 unspecified atom stereocenters. The lowest BCUT2D eigenvalue weighted by atomic mass is 9.86. The van der Waals surface area contributed by atoms with Gasteiger partial charge < -0.3 is 10.1 Å². The molecule has 2 aliphatic carbocycles. The first-order chi connectivity index (χ1) is 11.3. The fourth-order valence-electron chi connectivity index (χ4n) is 3.73.